The number of carbonyl (C=O) groups is 1. The average molecular weight is 439 g/mol. The molecular formula is C19H20F3N5O2S. The Morgan fingerprint density at radius 1 is 1.23 bits per heavy atom. The Morgan fingerprint density at radius 3 is 2.50 bits per heavy atom. The van der Waals surface area contributed by atoms with Crippen LogP contribution in [0.3, 0.4) is 0 Å². The van der Waals surface area contributed by atoms with Crippen LogP contribution in [0.25, 0.3) is 0 Å². The van der Waals surface area contributed by atoms with Gasteiger partial charge in [0, 0.05) is 32.0 Å². The number of likely N-dealkylation sites (N-methyl/N-ethyl adjacent to an activating group) is 1. The lowest BCUT2D eigenvalue weighted by molar-refractivity contribution is -0.117. The highest BCUT2D eigenvalue weighted by molar-refractivity contribution is 7.81. The van der Waals surface area contributed by atoms with Gasteiger partial charge < -0.3 is 15.0 Å². The van der Waals surface area contributed by atoms with Crippen LogP contribution in [0.5, 0.6) is 5.75 Å². The van der Waals surface area contributed by atoms with Crippen molar-refractivity contribution in [3.63, 3.8) is 0 Å². The second-order valence-corrected chi connectivity index (χ2v) is 7.93. The van der Waals surface area contributed by atoms with Crippen LogP contribution in [0.2, 0.25) is 0 Å². The quantitative estimate of drug-likeness (QED) is 0.563. The molecule has 2 aromatic rings. The van der Waals surface area contributed by atoms with E-state index in [9.17, 15) is 18.0 Å². The monoisotopic (exact) mass is 439 g/mol. The number of amides is 1. The number of fused-ring (bicyclic) bond motifs is 1. The molecule has 1 aromatic carbocycles. The molecule has 0 spiro atoms. The van der Waals surface area contributed by atoms with Gasteiger partial charge in [0.05, 0.1) is 11.7 Å². The molecule has 0 unspecified atom stereocenters. The Bertz CT molecular complexity index is 995. The number of anilines is 3. The first-order chi connectivity index (χ1) is 14.2. The first kappa shape index (κ1) is 20.6. The van der Waals surface area contributed by atoms with Crippen LogP contribution in [-0.2, 0) is 4.79 Å². The van der Waals surface area contributed by atoms with E-state index in [-0.39, 0.29) is 29.8 Å². The maximum absolute atomic E-state index is 13.3. The predicted octanol–water partition coefficient (Wildman–Crippen LogP) is 3.24. The first-order valence-electron chi connectivity index (χ1n) is 9.37. The first-order valence-corrected chi connectivity index (χ1v) is 9.77. The van der Waals surface area contributed by atoms with E-state index in [2.05, 4.69) is 28.1 Å². The van der Waals surface area contributed by atoms with Gasteiger partial charge in [-0.15, -0.1) is 0 Å². The minimum Gasteiger partial charge on any atom is -0.490 e. The second kappa shape index (κ2) is 7.53. The highest BCUT2D eigenvalue weighted by atomic mass is 32.1. The van der Waals surface area contributed by atoms with Crippen LogP contribution in [-0.4, -0.2) is 41.1 Å². The fourth-order valence-corrected chi connectivity index (χ4v) is 3.70. The molecule has 0 saturated heterocycles. The van der Waals surface area contributed by atoms with Gasteiger partial charge in [0.2, 0.25) is 11.9 Å². The molecule has 0 bridgehead atoms. The number of thiol groups is 1. The maximum atomic E-state index is 13.3. The third kappa shape index (κ3) is 3.51. The summed E-state index contributed by atoms with van der Waals surface area (Å²) in [5.41, 5.74) is 1.19. The Morgan fingerprint density at radius 2 is 1.87 bits per heavy atom. The van der Waals surface area contributed by atoms with Crippen molar-refractivity contribution in [3.8, 4) is 5.75 Å². The van der Waals surface area contributed by atoms with Crippen molar-refractivity contribution < 1.29 is 22.7 Å². The molecule has 7 nitrogen and oxygen atoms in total. The largest absolute Gasteiger partial charge is 0.490 e. The number of hydrogen-bond donors (Lipinski definition) is 2. The number of ether oxygens (including phenoxy) is 1. The van der Waals surface area contributed by atoms with Gasteiger partial charge in [0.25, 0.3) is 0 Å². The van der Waals surface area contributed by atoms with Gasteiger partial charge in [-0.1, -0.05) is 12.8 Å². The minimum absolute atomic E-state index is 0.0622. The van der Waals surface area contributed by atoms with E-state index < -0.39 is 17.5 Å². The Labute approximate surface area is 176 Å². The van der Waals surface area contributed by atoms with E-state index in [0.29, 0.717) is 36.0 Å². The van der Waals surface area contributed by atoms with Gasteiger partial charge in [-0.25, -0.2) is 18.2 Å². The van der Waals surface area contributed by atoms with Gasteiger partial charge in [-0.2, -0.15) is 4.98 Å². The summed E-state index contributed by atoms with van der Waals surface area (Å²) in [4.78, 5) is 22.8. The number of aryl methyl sites for hydroxylation is 1. The Hall–Kier alpha value is -2.69. The smallest absolute Gasteiger partial charge is 0.246 e. The molecule has 1 aliphatic heterocycles. The van der Waals surface area contributed by atoms with Crippen molar-refractivity contribution in [2.45, 2.75) is 44.9 Å². The summed E-state index contributed by atoms with van der Waals surface area (Å²) in [7, 11) is 1.79. The average Bonchev–Trinajstić information content (AvgIpc) is 2.67. The molecule has 1 N–H and O–H groups in total. The van der Waals surface area contributed by atoms with Crippen molar-refractivity contribution in [2.75, 3.05) is 21.6 Å². The van der Waals surface area contributed by atoms with Crippen LogP contribution < -0.4 is 19.3 Å². The lowest BCUT2D eigenvalue weighted by atomic mass is 9.89. The summed E-state index contributed by atoms with van der Waals surface area (Å²) in [5, 5.41) is 2.82. The Kier molecular flexibility index (Phi) is 5.16. The third-order valence-electron chi connectivity index (χ3n) is 5.48. The highest BCUT2D eigenvalue weighted by Crippen LogP contribution is 2.37. The van der Waals surface area contributed by atoms with E-state index in [1.54, 1.807) is 30.1 Å². The number of halogens is 3. The summed E-state index contributed by atoms with van der Waals surface area (Å²) in [6.45, 7) is 3.56. The van der Waals surface area contributed by atoms with Crippen LogP contribution in [0.4, 0.5) is 30.6 Å². The number of hydrogen-bond acceptors (Lipinski definition) is 7. The zero-order valence-corrected chi connectivity index (χ0v) is 17.4. The lowest BCUT2D eigenvalue weighted by Gasteiger charge is -2.40. The lowest BCUT2D eigenvalue weighted by Crippen LogP contribution is -2.47. The van der Waals surface area contributed by atoms with Gasteiger partial charge in [0.15, 0.2) is 23.3 Å². The van der Waals surface area contributed by atoms with Crippen molar-refractivity contribution in [3.05, 3.63) is 35.3 Å². The van der Waals surface area contributed by atoms with Crippen LogP contribution in [0.1, 0.15) is 25.5 Å². The molecular weight excluding hydrogens is 419 g/mol. The van der Waals surface area contributed by atoms with Crippen LogP contribution >= 0.6 is 12.8 Å². The normalized spacial score (nSPS) is 22.8. The Balaban J connectivity index is 1.45. The maximum Gasteiger partial charge on any atom is 0.246 e. The van der Waals surface area contributed by atoms with E-state index >= 15 is 0 Å². The predicted molar refractivity (Wildman–Crippen MR) is 108 cm³/mol. The van der Waals surface area contributed by atoms with Crippen LogP contribution in [0, 0.1) is 24.4 Å². The molecule has 160 valence electrons. The van der Waals surface area contributed by atoms with Crippen molar-refractivity contribution in [2.24, 2.45) is 0 Å². The SMILES string of the molecule is Cc1nc(N(S)C2CC(Oc3cc(F)c(F)c(F)c3)C2)nc2c1NC(=O)[C@H](C)N2C. The fraction of sp³-hybridized carbons (Fsp3) is 0.421. The third-order valence-corrected chi connectivity index (χ3v) is 5.99. The molecule has 1 aromatic heterocycles. The highest BCUT2D eigenvalue weighted by Gasteiger charge is 2.37. The van der Waals surface area contributed by atoms with E-state index in [1.807, 2.05) is 0 Å². The van der Waals surface area contributed by atoms with Crippen molar-refractivity contribution in [1.29, 1.82) is 0 Å². The van der Waals surface area contributed by atoms with E-state index in [1.165, 1.54) is 0 Å². The molecule has 1 atom stereocenters. The van der Waals surface area contributed by atoms with Crippen LogP contribution in [0.15, 0.2) is 12.1 Å². The molecule has 0 radical (unpaired) electrons. The van der Waals surface area contributed by atoms with E-state index in [4.69, 9.17) is 4.74 Å². The number of benzene rings is 1. The zero-order valence-electron chi connectivity index (χ0n) is 16.5. The van der Waals surface area contributed by atoms with Crippen molar-refractivity contribution >= 4 is 36.2 Å². The fourth-order valence-electron chi connectivity index (χ4n) is 3.42. The zero-order chi connectivity index (χ0) is 21.7. The molecule has 1 amide bonds. The number of nitrogens with one attached hydrogen (secondary N) is 1. The summed E-state index contributed by atoms with van der Waals surface area (Å²) in [5.74, 6) is -3.31. The van der Waals surface area contributed by atoms with Gasteiger partial charge in [0.1, 0.15) is 23.6 Å². The topological polar surface area (TPSA) is 70.6 Å². The number of nitrogens with zero attached hydrogens (tertiary/aromatic N) is 4. The molecule has 2 aliphatic rings. The summed E-state index contributed by atoms with van der Waals surface area (Å²) >= 11 is 4.52. The van der Waals surface area contributed by atoms with Gasteiger partial charge in [-0.3, -0.25) is 9.10 Å². The minimum atomic E-state index is -1.52. The summed E-state index contributed by atoms with van der Waals surface area (Å²) < 4.78 is 46.9. The molecule has 2 heterocycles. The molecule has 1 fully saturated rings. The molecule has 4 rings (SSSR count). The molecule has 1 saturated carbocycles. The molecule has 30 heavy (non-hydrogen) atoms. The number of rotatable bonds is 4. The second-order valence-electron chi connectivity index (χ2n) is 7.49. The summed E-state index contributed by atoms with van der Waals surface area (Å²) in [6, 6.07) is 1.22. The number of aromatic nitrogens is 2. The molecule has 11 heteroatoms. The number of carbonyl (C=O) groups excluding carboxylic acids is 1. The van der Waals surface area contributed by atoms with E-state index in [0.717, 1.165) is 12.1 Å². The molecule has 1 aliphatic carbocycles. The summed E-state index contributed by atoms with van der Waals surface area (Å²) in [6.07, 6.45) is 0.744. The van der Waals surface area contributed by atoms with Gasteiger partial charge in [-0.05, 0) is 13.8 Å². The standard InChI is InChI=1S/C19H20F3N5O2S/c1-8-16-17(26(3)9(2)18(28)24-16)25-19(23-8)27(30)10-4-11(5-10)29-12-6-13(20)15(22)14(21)7-12/h6-7,9-11,30H,4-5H2,1-3H3,(H,24,28)/t9-,10?,11?/m0/s1. The van der Waals surface area contributed by atoms with Crippen molar-refractivity contribution in [1.82, 2.24) is 9.97 Å². The van der Waals surface area contributed by atoms with Gasteiger partial charge >= 0.3 is 0 Å².